The molecule has 0 fully saturated rings. The molecule has 176 valence electrons. The highest BCUT2D eigenvalue weighted by atomic mass is 35.5. The molecule has 0 saturated carbocycles. The summed E-state index contributed by atoms with van der Waals surface area (Å²) in [6.07, 6.45) is -4.76. The maximum Gasteiger partial charge on any atom is 0.450 e. The first-order valence-corrected chi connectivity index (χ1v) is 10.4. The number of carboxylic acids is 1. The molecule has 0 radical (unpaired) electrons. The Morgan fingerprint density at radius 3 is 2.38 bits per heavy atom. The van der Waals surface area contributed by atoms with Crippen LogP contribution >= 0.6 is 11.6 Å². The summed E-state index contributed by atoms with van der Waals surface area (Å²) in [4.78, 5) is 14.7. The van der Waals surface area contributed by atoms with Crippen LogP contribution in [0.1, 0.15) is 17.7 Å². The third-order valence-corrected chi connectivity index (χ3v) is 5.08. The molecular formula is C23H17ClF3N3O4. The van der Waals surface area contributed by atoms with Gasteiger partial charge in [0.25, 0.3) is 5.89 Å². The maximum absolute atomic E-state index is 13.6. The summed E-state index contributed by atoms with van der Waals surface area (Å²) < 4.78 is 51.1. The van der Waals surface area contributed by atoms with Crippen molar-refractivity contribution in [3.63, 3.8) is 0 Å². The van der Waals surface area contributed by atoms with Crippen LogP contribution in [0.15, 0.2) is 63.5 Å². The molecule has 0 saturated heterocycles. The van der Waals surface area contributed by atoms with Crippen molar-refractivity contribution in [2.45, 2.75) is 19.1 Å². The molecule has 2 aromatic heterocycles. The SMILES string of the molecule is O=C(O)CCNCc1ccc(-c2noc(-c3cc(-c4ccc(Cl)cc4)oc3C(F)(F)F)n2)cc1. The minimum absolute atomic E-state index is 0.0113. The zero-order valence-corrected chi connectivity index (χ0v) is 18.2. The molecule has 4 rings (SSSR count). The molecule has 0 amide bonds. The number of alkyl halides is 3. The monoisotopic (exact) mass is 491 g/mol. The van der Waals surface area contributed by atoms with Gasteiger partial charge in [-0.2, -0.15) is 18.2 Å². The zero-order valence-electron chi connectivity index (χ0n) is 17.4. The Morgan fingerprint density at radius 1 is 1.06 bits per heavy atom. The lowest BCUT2D eigenvalue weighted by Gasteiger charge is -2.04. The van der Waals surface area contributed by atoms with Crippen LogP contribution in [0.3, 0.4) is 0 Å². The summed E-state index contributed by atoms with van der Waals surface area (Å²) in [6.45, 7) is 0.790. The van der Waals surface area contributed by atoms with Crippen molar-refractivity contribution in [3.8, 4) is 34.2 Å². The van der Waals surface area contributed by atoms with E-state index in [2.05, 4.69) is 15.5 Å². The summed E-state index contributed by atoms with van der Waals surface area (Å²) in [5.41, 5.74) is 1.47. The number of halogens is 4. The lowest BCUT2D eigenvalue weighted by molar-refractivity contribution is -0.152. The summed E-state index contributed by atoms with van der Waals surface area (Å²) >= 11 is 5.85. The van der Waals surface area contributed by atoms with E-state index in [0.717, 1.165) is 5.56 Å². The van der Waals surface area contributed by atoms with E-state index in [-0.39, 0.29) is 29.5 Å². The van der Waals surface area contributed by atoms with E-state index in [1.807, 2.05) is 0 Å². The van der Waals surface area contributed by atoms with Crippen molar-refractivity contribution < 1.29 is 32.0 Å². The second-order valence-electron chi connectivity index (χ2n) is 7.30. The molecule has 2 N–H and O–H groups in total. The van der Waals surface area contributed by atoms with Gasteiger partial charge >= 0.3 is 12.1 Å². The highest BCUT2D eigenvalue weighted by Crippen LogP contribution is 2.41. The van der Waals surface area contributed by atoms with Crippen molar-refractivity contribution in [2.75, 3.05) is 6.54 Å². The quantitative estimate of drug-likeness (QED) is 0.296. The third kappa shape index (κ3) is 5.46. The molecule has 2 aromatic carbocycles. The number of carboxylic acid groups (broad SMARTS) is 1. The van der Waals surface area contributed by atoms with Gasteiger partial charge in [-0.05, 0) is 35.9 Å². The number of furan rings is 1. The minimum Gasteiger partial charge on any atom is -0.481 e. The summed E-state index contributed by atoms with van der Waals surface area (Å²) in [6, 6.07) is 14.3. The second kappa shape index (κ2) is 9.70. The first-order chi connectivity index (χ1) is 16.2. The normalized spacial score (nSPS) is 11.6. The Morgan fingerprint density at radius 2 is 1.74 bits per heavy atom. The molecule has 0 spiro atoms. The number of aromatic nitrogens is 2. The minimum atomic E-state index is -4.77. The first kappa shape index (κ1) is 23.5. The van der Waals surface area contributed by atoms with Gasteiger partial charge in [0.2, 0.25) is 11.6 Å². The number of nitrogens with zero attached hydrogens (tertiary/aromatic N) is 2. The highest BCUT2D eigenvalue weighted by molar-refractivity contribution is 6.30. The maximum atomic E-state index is 13.6. The van der Waals surface area contributed by atoms with Crippen molar-refractivity contribution in [1.82, 2.24) is 15.5 Å². The molecule has 11 heteroatoms. The smallest absolute Gasteiger partial charge is 0.450 e. The molecule has 0 unspecified atom stereocenters. The molecule has 2 heterocycles. The molecule has 0 aliphatic heterocycles. The number of hydrogen-bond donors (Lipinski definition) is 2. The van der Waals surface area contributed by atoms with Crippen molar-refractivity contribution in [2.24, 2.45) is 0 Å². The van der Waals surface area contributed by atoms with E-state index in [0.29, 0.717) is 29.2 Å². The second-order valence-corrected chi connectivity index (χ2v) is 7.74. The third-order valence-electron chi connectivity index (χ3n) is 4.83. The van der Waals surface area contributed by atoms with Crippen molar-refractivity contribution in [1.29, 1.82) is 0 Å². The highest BCUT2D eigenvalue weighted by Gasteiger charge is 2.40. The van der Waals surface area contributed by atoms with Gasteiger partial charge in [0.1, 0.15) is 5.76 Å². The standard InChI is InChI=1S/C23H17ClF3N3O4/c24-16-7-5-14(6-8-16)18-11-17(20(33-18)23(25,26)27)22-29-21(30-34-22)15-3-1-13(2-4-15)12-28-10-9-19(31)32/h1-8,11,28H,9-10,12H2,(H,31,32). The van der Waals surface area contributed by atoms with Gasteiger partial charge in [-0.25, -0.2) is 0 Å². The molecular weight excluding hydrogens is 475 g/mol. The van der Waals surface area contributed by atoms with E-state index in [9.17, 15) is 18.0 Å². The largest absolute Gasteiger partial charge is 0.481 e. The van der Waals surface area contributed by atoms with Gasteiger partial charge < -0.3 is 19.4 Å². The van der Waals surface area contributed by atoms with Crippen molar-refractivity contribution >= 4 is 17.6 Å². The Labute approximate surface area is 196 Å². The van der Waals surface area contributed by atoms with Crippen LogP contribution in [0, 0.1) is 0 Å². The van der Waals surface area contributed by atoms with E-state index in [1.165, 1.54) is 6.07 Å². The Bertz CT molecular complexity index is 1280. The number of aliphatic carboxylic acids is 1. The molecule has 4 aromatic rings. The summed E-state index contributed by atoms with van der Waals surface area (Å²) in [5.74, 6) is -2.36. The van der Waals surface area contributed by atoms with Crippen molar-refractivity contribution in [3.05, 3.63) is 70.9 Å². The number of carbonyl (C=O) groups is 1. The van der Waals surface area contributed by atoms with Crippen LogP contribution in [0.5, 0.6) is 0 Å². The molecule has 0 atom stereocenters. The average molecular weight is 492 g/mol. The predicted octanol–water partition coefficient (Wildman–Crippen LogP) is 5.90. The molecule has 0 aliphatic rings. The van der Waals surface area contributed by atoms with Gasteiger partial charge in [0, 0.05) is 29.2 Å². The van der Waals surface area contributed by atoms with Gasteiger partial charge in [0.05, 0.1) is 12.0 Å². The fourth-order valence-electron chi connectivity index (χ4n) is 3.17. The fraction of sp³-hybridized carbons (Fsp3) is 0.174. The van der Waals surface area contributed by atoms with Crippen LogP contribution in [0.2, 0.25) is 5.02 Å². The molecule has 34 heavy (non-hydrogen) atoms. The van der Waals surface area contributed by atoms with Crippen LogP contribution in [-0.2, 0) is 17.5 Å². The van der Waals surface area contributed by atoms with Crippen LogP contribution < -0.4 is 5.32 Å². The Balaban J connectivity index is 1.56. The average Bonchev–Trinajstić information content (AvgIpc) is 3.45. The number of nitrogens with one attached hydrogen (secondary N) is 1. The van der Waals surface area contributed by atoms with Gasteiger partial charge in [-0.3, -0.25) is 4.79 Å². The van der Waals surface area contributed by atoms with E-state index >= 15 is 0 Å². The van der Waals surface area contributed by atoms with E-state index in [4.69, 9.17) is 25.6 Å². The zero-order chi connectivity index (χ0) is 24.3. The number of benzene rings is 2. The molecule has 7 nitrogen and oxygen atoms in total. The van der Waals surface area contributed by atoms with Crippen LogP contribution in [0.25, 0.3) is 34.2 Å². The molecule has 0 bridgehead atoms. The number of rotatable bonds is 8. The lowest BCUT2D eigenvalue weighted by Crippen LogP contribution is -2.17. The van der Waals surface area contributed by atoms with E-state index in [1.54, 1.807) is 48.5 Å². The van der Waals surface area contributed by atoms with E-state index < -0.39 is 17.9 Å². The fourth-order valence-corrected chi connectivity index (χ4v) is 3.29. The number of hydrogen-bond acceptors (Lipinski definition) is 6. The van der Waals surface area contributed by atoms with Gasteiger partial charge in [0.15, 0.2) is 0 Å². The van der Waals surface area contributed by atoms with Crippen LogP contribution in [-0.4, -0.2) is 27.8 Å². The first-order valence-electron chi connectivity index (χ1n) is 10.0. The topological polar surface area (TPSA) is 101 Å². The Hall–Kier alpha value is -3.63. The summed E-state index contributed by atoms with van der Waals surface area (Å²) in [7, 11) is 0. The predicted molar refractivity (Wildman–Crippen MR) is 117 cm³/mol. The van der Waals surface area contributed by atoms with Gasteiger partial charge in [-0.1, -0.05) is 41.0 Å². The molecule has 0 aliphatic carbocycles. The summed E-state index contributed by atoms with van der Waals surface area (Å²) in [5, 5.41) is 15.9. The van der Waals surface area contributed by atoms with Crippen LogP contribution in [0.4, 0.5) is 13.2 Å². The Kier molecular flexibility index (Phi) is 6.71. The van der Waals surface area contributed by atoms with Gasteiger partial charge in [-0.15, -0.1) is 0 Å². The lowest BCUT2D eigenvalue weighted by atomic mass is 10.1.